The molecule has 1 amide bonds. The molecule has 120 valence electrons. The Balaban J connectivity index is 1.61. The summed E-state index contributed by atoms with van der Waals surface area (Å²) < 4.78 is 25.2. The molecule has 1 saturated heterocycles. The molecule has 2 aliphatic rings. The fourth-order valence-corrected chi connectivity index (χ4v) is 5.67. The number of rotatable bonds is 3. The minimum Gasteiger partial charge on any atom is -0.336 e. The smallest absolute Gasteiger partial charge is 0.253 e. The standard InChI is InChI=1S/C17H23NO3S/c1-13-7-9-14(10-8-13)17(19)18-11-16(12-18)22(20,21)15-5-3-2-4-6-15/h7-10,15-16H,2-6,11-12H2,1H3. The molecule has 2 fully saturated rings. The van der Waals surface area contributed by atoms with Crippen molar-refractivity contribution < 1.29 is 13.2 Å². The van der Waals surface area contributed by atoms with E-state index in [-0.39, 0.29) is 16.4 Å². The van der Waals surface area contributed by atoms with Gasteiger partial charge in [-0.15, -0.1) is 0 Å². The number of likely N-dealkylation sites (tertiary alicyclic amines) is 1. The molecule has 0 aromatic heterocycles. The minimum atomic E-state index is -3.07. The SMILES string of the molecule is Cc1ccc(C(=O)N2CC(S(=O)(=O)C3CCCCC3)C2)cc1. The number of hydrogen-bond donors (Lipinski definition) is 0. The average Bonchev–Trinajstić information content (AvgIpc) is 2.47. The van der Waals surface area contributed by atoms with E-state index in [1.54, 1.807) is 17.0 Å². The monoisotopic (exact) mass is 321 g/mol. The third-order valence-corrected chi connectivity index (χ3v) is 7.54. The Morgan fingerprint density at radius 2 is 1.59 bits per heavy atom. The van der Waals surface area contributed by atoms with Crippen LogP contribution in [-0.4, -0.2) is 42.8 Å². The maximum atomic E-state index is 12.6. The lowest BCUT2D eigenvalue weighted by molar-refractivity contribution is 0.0658. The van der Waals surface area contributed by atoms with Crippen molar-refractivity contribution in [3.63, 3.8) is 0 Å². The van der Waals surface area contributed by atoms with Crippen LogP contribution in [0.1, 0.15) is 48.0 Å². The van der Waals surface area contributed by atoms with E-state index < -0.39 is 9.84 Å². The van der Waals surface area contributed by atoms with E-state index in [9.17, 15) is 13.2 Å². The van der Waals surface area contributed by atoms with Gasteiger partial charge in [-0.1, -0.05) is 37.0 Å². The van der Waals surface area contributed by atoms with Crippen LogP contribution in [-0.2, 0) is 9.84 Å². The van der Waals surface area contributed by atoms with Crippen molar-refractivity contribution in [3.8, 4) is 0 Å². The Kier molecular flexibility index (Phi) is 4.26. The van der Waals surface area contributed by atoms with Gasteiger partial charge in [0.1, 0.15) is 0 Å². The van der Waals surface area contributed by atoms with Gasteiger partial charge in [0.25, 0.3) is 5.91 Å². The van der Waals surface area contributed by atoms with Gasteiger partial charge in [0.15, 0.2) is 9.84 Å². The largest absolute Gasteiger partial charge is 0.336 e. The van der Waals surface area contributed by atoms with Crippen molar-refractivity contribution in [3.05, 3.63) is 35.4 Å². The first-order chi connectivity index (χ1) is 10.5. The van der Waals surface area contributed by atoms with Crippen LogP contribution in [0, 0.1) is 6.92 Å². The van der Waals surface area contributed by atoms with Gasteiger partial charge in [-0.25, -0.2) is 8.42 Å². The van der Waals surface area contributed by atoms with Crippen molar-refractivity contribution in [1.29, 1.82) is 0 Å². The molecular weight excluding hydrogens is 298 g/mol. The molecule has 0 spiro atoms. The maximum absolute atomic E-state index is 12.6. The number of hydrogen-bond acceptors (Lipinski definition) is 3. The topological polar surface area (TPSA) is 54.5 Å². The van der Waals surface area contributed by atoms with Gasteiger partial charge in [0, 0.05) is 18.7 Å². The summed E-state index contributed by atoms with van der Waals surface area (Å²) in [6, 6.07) is 7.42. The lowest BCUT2D eigenvalue weighted by Gasteiger charge is -2.40. The number of benzene rings is 1. The van der Waals surface area contributed by atoms with Crippen molar-refractivity contribution >= 4 is 15.7 Å². The highest BCUT2D eigenvalue weighted by atomic mass is 32.2. The van der Waals surface area contributed by atoms with Crippen LogP contribution in [0.15, 0.2) is 24.3 Å². The quantitative estimate of drug-likeness (QED) is 0.860. The van der Waals surface area contributed by atoms with Crippen LogP contribution in [0.4, 0.5) is 0 Å². The minimum absolute atomic E-state index is 0.0601. The van der Waals surface area contributed by atoms with Gasteiger partial charge in [0.05, 0.1) is 10.5 Å². The summed E-state index contributed by atoms with van der Waals surface area (Å²) in [6.45, 7) is 2.68. The third-order valence-electron chi connectivity index (χ3n) is 4.92. The molecule has 5 heteroatoms. The average molecular weight is 321 g/mol. The molecule has 0 bridgehead atoms. The Labute approximate surface area is 132 Å². The fourth-order valence-electron chi connectivity index (χ4n) is 3.36. The molecule has 0 radical (unpaired) electrons. The summed E-state index contributed by atoms with van der Waals surface area (Å²) >= 11 is 0. The van der Waals surface area contributed by atoms with Gasteiger partial charge < -0.3 is 4.90 Å². The van der Waals surface area contributed by atoms with Crippen LogP contribution in [0.5, 0.6) is 0 Å². The summed E-state index contributed by atoms with van der Waals surface area (Å²) in [5, 5.41) is -0.534. The van der Waals surface area contributed by atoms with E-state index in [0.717, 1.165) is 37.7 Å². The predicted octanol–water partition coefficient (Wildman–Crippen LogP) is 2.57. The Morgan fingerprint density at radius 1 is 1.00 bits per heavy atom. The zero-order valence-electron chi connectivity index (χ0n) is 13.0. The molecule has 1 saturated carbocycles. The van der Waals surface area contributed by atoms with E-state index in [1.807, 2.05) is 19.1 Å². The van der Waals surface area contributed by atoms with E-state index in [0.29, 0.717) is 18.7 Å². The van der Waals surface area contributed by atoms with Crippen molar-refractivity contribution in [1.82, 2.24) is 4.90 Å². The molecular formula is C17H23NO3S. The molecule has 0 unspecified atom stereocenters. The first kappa shape index (κ1) is 15.5. The molecule has 4 nitrogen and oxygen atoms in total. The molecule has 1 aliphatic carbocycles. The Hall–Kier alpha value is -1.36. The molecule has 22 heavy (non-hydrogen) atoms. The van der Waals surface area contributed by atoms with Crippen LogP contribution in [0.2, 0.25) is 0 Å². The third kappa shape index (κ3) is 2.91. The van der Waals surface area contributed by atoms with Crippen LogP contribution < -0.4 is 0 Å². The summed E-state index contributed by atoms with van der Waals surface area (Å²) in [7, 11) is -3.07. The lowest BCUT2D eigenvalue weighted by atomic mass is 10.0. The number of amides is 1. The second kappa shape index (κ2) is 6.03. The Bertz CT molecular complexity index is 639. The van der Waals surface area contributed by atoms with Crippen molar-refractivity contribution in [2.24, 2.45) is 0 Å². The lowest BCUT2D eigenvalue weighted by Crippen LogP contribution is -2.58. The summed E-state index contributed by atoms with van der Waals surface area (Å²) in [5.74, 6) is -0.0601. The van der Waals surface area contributed by atoms with Crippen molar-refractivity contribution in [2.75, 3.05) is 13.1 Å². The van der Waals surface area contributed by atoms with Crippen LogP contribution in [0.25, 0.3) is 0 Å². The van der Waals surface area contributed by atoms with E-state index >= 15 is 0 Å². The first-order valence-electron chi connectivity index (χ1n) is 8.07. The van der Waals surface area contributed by atoms with Gasteiger partial charge in [-0.3, -0.25) is 4.79 Å². The summed E-state index contributed by atoms with van der Waals surface area (Å²) in [6.07, 6.45) is 4.77. The van der Waals surface area contributed by atoms with E-state index in [2.05, 4.69) is 0 Å². The number of carbonyl (C=O) groups is 1. The molecule has 1 aromatic rings. The second-order valence-corrected chi connectivity index (χ2v) is 9.06. The normalized spacial score (nSPS) is 20.7. The van der Waals surface area contributed by atoms with Crippen LogP contribution >= 0.6 is 0 Å². The van der Waals surface area contributed by atoms with E-state index in [1.165, 1.54) is 0 Å². The maximum Gasteiger partial charge on any atom is 0.253 e. The second-order valence-electron chi connectivity index (χ2n) is 6.55. The van der Waals surface area contributed by atoms with Gasteiger partial charge in [0.2, 0.25) is 0 Å². The number of carbonyl (C=O) groups excluding carboxylic acids is 1. The highest BCUT2D eigenvalue weighted by Crippen LogP contribution is 2.30. The number of aryl methyl sites for hydroxylation is 1. The fraction of sp³-hybridized carbons (Fsp3) is 0.588. The molecule has 1 aliphatic heterocycles. The number of nitrogens with zero attached hydrogens (tertiary/aromatic N) is 1. The van der Waals surface area contributed by atoms with Gasteiger partial charge >= 0.3 is 0 Å². The van der Waals surface area contributed by atoms with Gasteiger partial charge in [-0.05, 0) is 31.9 Å². The molecule has 1 heterocycles. The molecule has 3 rings (SSSR count). The van der Waals surface area contributed by atoms with Crippen LogP contribution in [0.3, 0.4) is 0 Å². The number of sulfone groups is 1. The highest BCUT2D eigenvalue weighted by Gasteiger charge is 2.43. The zero-order valence-corrected chi connectivity index (χ0v) is 13.8. The van der Waals surface area contributed by atoms with Crippen molar-refractivity contribution in [2.45, 2.75) is 49.5 Å². The molecule has 0 N–H and O–H groups in total. The molecule has 1 aromatic carbocycles. The highest BCUT2D eigenvalue weighted by molar-refractivity contribution is 7.92. The Morgan fingerprint density at radius 3 is 2.18 bits per heavy atom. The van der Waals surface area contributed by atoms with E-state index in [4.69, 9.17) is 0 Å². The predicted molar refractivity (Wildman–Crippen MR) is 86.7 cm³/mol. The molecule has 0 atom stereocenters. The first-order valence-corrected chi connectivity index (χ1v) is 9.68. The zero-order chi connectivity index (χ0) is 15.7. The summed E-state index contributed by atoms with van der Waals surface area (Å²) in [4.78, 5) is 14.0. The van der Waals surface area contributed by atoms with Gasteiger partial charge in [-0.2, -0.15) is 0 Å². The summed E-state index contributed by atoms with van der Waals surface area (Å²) in [5.41, 5.74) is 1.75.